The second kappa shape index (κ2) is 6.98. The summed E-state index contributed by atoms with van der Waals surface area (Å²) in [6, 6.07) is 19.1. The topological polar surface area (TPSA) is 9.23 Å². The van der Waals surface area contributed by atoms with Crippen molar-refractivity contribution in [3.63, 3.8) is 0 Å². The Labute approximate surface area is 117 Å². The zero-order valence-electron chi connectivity index (χ0n) is 11.3. The molecule has 1 heteroatoms. The monoisotopic (exact) mass is 256 g/mol. The summed E-state index contributed by atoms with van der Waals surface area (Å²) in [5.74, 6) is 1.92. The van der Waals surface area contributed by atoms with Gasteiger partial charge in [-0.2, -0.15) is 0 Å². The third-order valence-electron chi connectivity index (χ3n) is 3.30. The quantitative estimate of drug-likeness (QED) is 0.737. The van der Waals surface area contributed by atoms with Gasteiger partial charge in [-0.15, -0.1) is 0 Å². The van der Waals surface area contributed by atoms with E-state index in [9.17, 15) is 0 Å². The summed E-state index contributed by atoms with van der Waals surface area (Å²) in [5.41, 5.74) is 2.72. The summed E-state index contributed by atoms with van der Waals surface area (Å²) < 4.78 is 5.22. The van der Waals surface area contributed by atoms with Gasteiger partial charge in [-0.05, 0) is 29.2 Å². The lowest BCUT2D eigenvalue weighted by Gasteiger charge is -2.22. The van der Waals surface area contributed by atoms with Crippen molar-refractivity contribution in [1.82, 2.24) is 0 Å². The van der Waals surface area contributed by atoms with Gasteiger partial charge in [0.05, 0.1) is 7.11 Å². The van der Waals surface area contributed by atoms with Crippen molar-refractivity contribution in [2.75, 3.05) is 7.11 Å². The van der Waals surface area contributed by atoms with E-state index in [1.165, 1.54) is 11.1 Å². The van der Waals surface area contributed by atoms with Gasteiger partial charge in [0.2, 0.25) is 0 Å². The first-order chi connectivity index (χ1) is 8.72. The van der Waals surface area contributed by atoms with E-state index in [2.05, 4.69) is 56.3 Å². The Morgan fingerprint density at radius 2 is 1.32 bits per heavy atom. The van der Waals surface area contributed by atoms with Crippen LogP contribution in [0.2, 0.25) is 0 Å². The fourth-order valence-electron chi connectivity index (χ4n) is 2.43. The summed E-state index contributed by atoms with van der Waals surface area (Å²) >= 11 is 0. The minimum absolute atomic E-state index is 0. The Morgan fingerprint density at radius 1 is 0.789 bits per heavy atom. The maximum atomic E-state index is 5.22. The van der Waals surface area contributed by atoms with Crippen molar-refractivity contribution < 1.29 is 4.74 Å². The minimum Gasteiger partial charge on any atom is -0.497 e. The Balaban J connectivity index is 0.00000180. The van der Waals surface area contributed by atoms with Gasteiger partial charge in [0.15, 0.2) is 0 Å². The number of ether oxygens (including phenoxy) is 1. The molecule has 1 nitrogen and oxygen atoms in total. The zero-order chi connectivity index (χ0) is 13.0. The molecule has 0 aromatic heterocycles. The SMILES string of the molecule is C.COc1ccc([C@@H](c2ccccc2)C(C)C)cc1. The molecule has 0 saturated heterocycles. The van der Waals surface area contributed by atoms with Crippen LogP contribution in [0.4, 0.5) is 0 Å². The van der Waals surface area contributed by atoms with Crippen LogP contribution in [0.1, 0.15) is 38.3 Å². The molecule has 0 heterocycles. The van der Waals surface area contributed by atoms with E-state index in [1.54, 1.807) is 7.11 Å². The van der Waals surface area contributed by atoms with E-state index in [0.29, 0.717) is 11.8 Å². The Bertz CT molecular complexity index is 471. The Hall–Kier alpha value is -1.76. The molecule has 0 aliphatic rings. The van der Waals surface area contributed by atoms with Crippen LogP contribution >= 0.6 is 0 Å². The van der Waals surface area contributed by atoms with E-state index in [4.69, 9.17) is 4.74 Å². The maximum absolute atomic E-state index is 5.22. The first kappa shape index (κ1) is 15.3. The molecule has 0 fully saturated rings. The van der Waals surface area contributed by atoms with Crippen molar-refractivity contribution >= 4 is 0 Å². The van der Waals surface area contributed by atoms with Crippen LogP contribution in [0, 0.1) is 5.92 Å². The van der Waals surface area contributed by atoms with Crippen LogP contribution in [0.3, 0.4) is 0 Å². The molecule has 19 heavy (non-hydrogen) atoms. The van der Waals surface area contributed by atoms with Crippen LogP contribution in [-0.2, 0) is 0 Å². The molecule has 0 bridgehead atoms. The molecule has 0 N–H and O–H groups in total. The molecular formula is C18H24O. The number of rotatable bonds is 4. The van der Waals surface area contributed by atoms with Gasteiger partial charge in [-0.25, -0.2) is 0 Å². The first-order valence-electron chi connectivity index (χ1n) is 6.41. The maximum Gasteiger partial charge on any atom is 0.118 e. The highest BCUT2D eigenvalue weighted by atomic mass is 16.5. The molecule has 102 valence electrons. The third kappa shape index (κ3) is 3.60. The fourth-order valence-corrected chi connectivity index (χ4v) is 2.43. The van der Waals surface area contributed by atoms with Crippen molar-refractivity contribution in [2.24, 2.45) is 5.92 Å². The van der Waals surface area contributed by atoms with Crippen molar-refractivity contribution in [3.05, 3.63) is 65.7 Å². The van der Waals surface area contributed by atoms with Gasteiger partial charge >= 0.3 is 0 Å². The molecule has 0 saturated carbocycles. The van der Waals surface area contributed by atoms with E-state index < -0.39 is 0 Å². The highest BCUT2D eigenvalue weighted by molar-refractivity contribution is 5.36. The predicted molar refractivity (Wildman–Crippen MR) is 82.8 cm³/mol. The second-order valence-electron chi connectivity index (χ2n) is 4.91. The van der Waals surface area contributed by atoms with Crippen LogP contribution in [0.25, 0.3) is 0 Å². The number of hydrogen-bond donors (Lipinski definition) is 0. The van der Waals surface area contributed by atoms with Crippen molar-refractivity contribution in [1.29, 1.82) is 0 Å². The Kier molecular flexibility index (Phi) is 5.62. The van der Waals surface area contributed by atoms with Crippen LogP contribution < -0.4 is 4.74 Å². The lowest BCUT2D eigenvalue weighted by atomic mass is 9.83. The van der Waals surface area contributed by atoms with E-state index in [-0.39, 0.29) is 7.43 Å². The van der Waals surface area contributed by atoms with E-state index >= 15 is 0 Å². The highest BCUT2D eigenvalue weighted by Gasteiger charge is 2.17. The van der Waals surface area contributed by atoms with Gasteiger partial charge < -0.3 is 4.74 Å². The lowest BCUT2D eigenvalue weighted by molar-refractivity contribution is 0.414. The smallest absolute Gasteiger partial charge is 0.118 e. The van der Waals surface area contributed by atoms with Gasteiger partial charge in [-0.3, -0.25) is 0 Å². The molecule has 0 aliphatic carbocycles. The number of benzene rings is 2. The molecular weight excluding hydrogens is 232 g/mol. The van der Waals surface area contributed by atoms with Crippen molar-refractivity contribution in [3.8, 4) is 5.75 Å². The summed E-state index contributed by atoms with van der Waals surface area (Å²) in [4.78, 5) is 0. The second-order valence-corrected chi connectivity index (χ2v) is 4.91. The molecule has 0 aliphatic heterocycles. The molecule has 0 radical (unpaired) electrons. The standard InChI is InChI=1S/C17H20O.CH4/c1-13(2)17(14-7-5-4-6-8-14)15-9-11-16(18-3)12-10-15;/h4-13,17H,1-3H3;1H4/t17-;/m1./s1. The summed E-state index contributed by atoms with van der Waals surface area (Å²) in [6.45, 7) is 4.53. The summed E-state index contributed by atoms with van der Waals surface area (Å²) in [5, 5.41) is 0. The molecule has 2 rings (SSSR count). The van der Waals surface area contributed by atoms with E-state index in [1.807, 2.05) is 12.1 Å². The number of methoxy groups -OCH3 is 1. The van der Waals surface area contributed by atoms with Gasteiger partial charge in [0.25, 0.3) is 0 Å². The first-order valence-corrected chi connectivity index (χ1v) is 6.41. The van der Waals surface area contributed by atoms with E-state index in [0.717, 1.165) is 5.75 Å². The average molecular weight is 256 g/mol. The van der Waals surface area contributed by atoms with Crippen LogP contribution in [-0.4, -0.2) is 7.11 Å². The largest absolute Gasteiger partial charge is 0.497 e. The van der Waals surface area contributed by atoms with Crippen molar-refractivity contribution in [2.45, 2.75) is 27.2 Å². The zero-order valence-corrected chi connectivity index (χ0v) is 11.3. The molecule has 2 aromatic rings. The number of hydrogen-bond acceptors (Lipinski definition) is 1. The summed E-state index contributed by atoms with van der Waals surface area (Å²) in [7, 11) is 1.70. The average Bonchev–Trinajstić information content (AvgIpc) is 2.40. The molecule has 0 amide bonds. The highest BCUT2D eigenvalue weighted by Crippen LogP contribution is 2.32. The molecule has 0 spiro atoms. The normalized spacial score (nSPS) is 11.8. The van der Waals surface area contributed by atoms with Crippen LogP contribution in [0.5, 0.6) is 5.75 Å². The fraction of sp³-hybridized carbons (Fsp3) is 0.333. The van der Waals surface area contributed by atoms with Crippen LogP contribution in [0.15, 0.2) is 54.6 Å². The lowest BCUT2D eigenvalue weighted by Crippen LogP contribution is -2.08. The molecule has 0 unspecified atom stereocenters. The van der Waals surface area contributed by atoms with Gasteiger partial charge in [0, 0.05) is 5.92 Å². The predicted octanol–water partition coefficient (Wildman–Crippen LogP) is 5.12. The minimum atomic E-state index is 0. The summed E-state index contributed by atoms with van der Waals surface area (Å²) in [6.07, 6.45) is 0. The van der Waals surface area contributed by atoms with Gasteiger partial charge in [0.1, 0.15) is 5.75 Å². The third-order valence-corrected chi connectivity index (χ3v) is 3.30. The Morgan fingerprint density at radius 3 is 1.79 bits per heavy atom. The van der Waals surface area contributed by atoms with Gasteiger partial charge in [-0.1, -0.05) is 63.7 Å². The molecule has 2 aromatic carbocycles. The molecule has 1 atom stereocenters.